The summed E-state index contributed by atoms with van der Waals surface area (Å²) in [6.45, 7) is 7.52. The third-order valence-electron chi connectivity index (χ3n) is 3.94. The highest BCUT2D eigenvalue weighted by Crippen LogP contribution is 2.28. The fourth-order valence-corrected chi connectivity index (χ4v) is 3.49. The summed E-state index contributed by atoms with van der Waals surface area (Å²) in [6, 6.07) is 5.79. The maximum atomic E-state index is 10.9. The fraction of sp³-hybridized carbons (Fsp3) is 0.600. The van der Waals surface area contributed by atoms with Crippen molar-refractivity contribution in [2.24, 2.45) is 5.92 Å². The van der Waals surface area contributed by atoms with Crippen LogP contribution in [0.2, 0.25) is 0 Å². The SMILES string of the molecule is CC(C)N(CC1CCCNC1)c1ccc([N+](=O)[O-])c(I)c1. The second kappa shape index (κ2) is 7.40. The van der Waals surface area contributed by atoms with E-state index in [1.165, 1.54) is 12.8 Å². The van der Waals surface area contributed by atoms with Crippen LogP contribution in [0, 0.1) is 19.6 Å². The summed E-state index contributed by atoms with van der Waals surface area (Å²) in [6.07, 6.45) is 2.48. The van der Waals surface area contributed by atoms with Gasteiger partial charge in [-0.2, -0.15) is 0 Å². The number of nitro benzene ring substituents is 1. The van der Waals surface area contributed by atoms with E-state index in [0.717, 1.165) is 25.3 Å². The fourth-order valence-electron chi connectivity index (χ4n) is 2.79. The zero-order valence-electron chi connectivity index (χ0n) is 12.5. The van der Waals surface area contributed by atoms with Gasteiger partial charge in [-0.25, -0.2) is 0 Å². The highest BCUT2D eigenvalue weighted by Gasteiger charge is 2.21. The van der Waals surface area contributed by atoms with E-state index in [2.05, 4.69) is 24.1 Å². The minimum atomic E-state index is -0.323. The van der Waals surface area contributed by atoms with E-state index in [0.29, 0.717) is 15.5 Å². The van der Waals surface area contributed by atoms with Crippen LogP contribution in [0.4, 0.5) is 11.4 Å². The minimum absolute atomic E-state index is 0.183. The summed E-state index contributed by atoms with van der Waals surface area (Å²) in [5.74, 6) is 0.647. The lowest BCUT2D eigenvalue weighted by Crippen LogP contribution is -2.41. The van der Waals surface area contributed by atoms with Crippen LogP contribution in [0.3, 0.4) is 0 Å². The maximum absolute atomic E-state index is 10.9. The van der Waals surface area contributed by atoms with Gasteiger partial charge in [-0.1, -0.05) is 0 Å². The second-order valence-corrected chi connectivity index (χ2v) is 7.01. The molecule has 1 aliphatic heterocycles. The van der Waals surface area contributed by atoms with E-state index < -0.39 is 0 Å². The molecule has 2 rings (SSSR count). The van der Waals surface area contributed by atoms with Gasteiger partial charge in [-0.15, -0.1) is 0 Å². The molecule has 0 bridgehead atoms. The van der Waals surface area contributed by atoms with Gasteiger partial charge >= 0.3 is 0 Å². The number of hydrogen-bond acceptors (Lipinski definition) is 4. The molecule has 1 saturated heterocycles. The first-order valence-electron chi connectivity index (χ1n) is 7.40. The Morgan fingerprint density at radius 2 is 2.29 bits per heavy atom. The van der Waals surface area contributed by atoms with Gasteiger partial charge in [0.25, 0.3) is 5.69 Å². The molecule has 0 aromatic heterocycles. The lowest BCUT2D eigenvalue weighted by atomic mass is 9.98. The molecule has 116 valence electrons. The molecule has 1 fully saturated rings. The molecule has 21 heavy (non-hydrogen) atoms. The summed E-state index contributed by atoms with van der Waals surface area (Å²) in [7, 11) is 0. The van der Waals surface area contributed by atoms with Crippen molar-refractivity contribution in [3.05, 3.63) is 31.9 Å². The van der Waals surface area contributed by atoms with Gasteiger partial charge in [0.2, 0.25) is 0 Å². The van der Waals surface area contributed by atoms with Crippen LogP contribution in [0.25, 0.3) is 0 Å². The third kappa shape index (κ3) is 4.29. The minimum Gasteiger partial charge on any atom is -0.369 e. The monoisotopic (exact) mass is 403 g/mol. The number of benzene rings is 1. The van der Waals surface area contributed by atoms with Gasteiger partial charge in [0.15, 0.2) is 0 Å². The first-order valence-corrected chi connectivity index (χ1v) is 8.48. The molecular formula is C15H22IN3O2. The van der Waals surface area contributed by atoms with Gasteiger partial charge < -0.3 is 10.2 Å². The molecule has 1 unspecified atom stereocenters. The zero-order chi connectivity index (χ0) is 15.4. The van der Waals surface area contributed by atoms with E-state index in [4.69, 9.17) is 0 Å². The smallest absolute Gasteiger partial charge is 0.282 e. The molecule has 1 atom stereocenters. The van der Waals surface area contributed by atoms with Crippen LogP contribution in [-0.4, -0.2) is 30.6 Å². The summed E-state index contributed by atoms with van der Waals surface area (Å²) in [5, 5.41) is 14.4. The van der Waals surface area contributed by atoms with Crippen molar-refractivity contribution in [3.8, 4) is 0 Å². The molecule has 1 aromatic carbocycles. The first-order chi connectivity index (χ1) is 9.99. The second-order valence-electron chi connectivity index (χ2n) is 5.85. The number of nitrogens with one attached hydrogen (secondary N) is 1. The maximum Gasteiger partial charge on any atom is 0.282 e. The highest BCUT2D eigenvalue weighted by molar-refractivity contribution is 14.1. The van der Waals surface area contributed by atoms with Gasteiger partial charge in [0.05, 0.1) is 8.49 Å². The predicted octanol–water partition coefficient (Wildman–Crippen LogP) is 3.41. The Labute approximate surface area is 139 Å². The molecule has 1 N–H and O–H groups in total. The molecule has 0 amide bonds. The molecule has 1 aromatic rings. The number of halogens is 1. The molecule has 6 heteroatoms. The Balaban J connectivity index is 2.17. The standard InChI is InChI=1S/C15H22IN3O2/c1-11(2)18(10-12-4-3-7-17-9-12)13-5-6-15(19(20)21)14(16)8-13/h5-6,8,11-12,17H,3-4,7,9-10H2,1-2H3. The Bertz CT molecular complexity index is 502. The number of nitrogens with zero attached hydrogens (tertiary/aromatic N) is 2. The van der Waals surface area contributed by atoms with Crippen LogP contribution in [-0.2, 0) is 0 Å². The molecule has 0 spiro atoms. The van der Waals surface area contributed by atoms with Gasteiger partial charge in [-0.05, 0) is 80.4 Å². The van der Waals surface area contributed by atoms with Crippen molar-refractivity contribution >= 4 is 34.0 Å². The largest absolute Gasteiger partial charge is 0.369 e. The van der Waals surface area contributed by atoms with Gasteiger partial charge in [0.1, 0.15) is 0 Å². The molecule has 1 heterocycles. The number of rotatable bonds is 5. The summed E-state index contributed by atoms with van der Waals surface area (Å²) >= 11 is 2.05. The Morgan fingerprint density at radius 3 is 2.81 bits per heavy atom. The van der Waals surface area contributed by atoms with Crippen molar-refractivity contribution in [3.63, 3.8) is 0 Å². The quantitative estimate of drug-likeness (QED) is 0.465. The van der Waals surface area contributed by atoms with Crippen molar-refractivity contribution in [2.45, 2.75) is 32.7 Å². The average Bonchev–Trinajstić information content (AvgIpc) is 2.45. The normalized spacial score (nSPS) is 18.8. The van der Waals surface area contributed by atoms with Crippen LogP contribution in [0.5, 0.6) is 0 Å². The van der Waals surface area contributed by atoms with Crippen LogP contribution >= 0.6 is 22.6 Å². The average molecular weight is 403 g/mol. The topological polar surface area (TPSA) is 58.4 Å². The third-order valence-corrected chi connectivity index (χ3v) is 4.80. The Morgan fingerprint density at radius 1 is 1.52 bits per heavy atom. The first kappa shape index (κ1) is 16.5. The number of anilines is 1. The summed E-state index contributed by atoms with van der Waals surface area (Å²) in [4.78, 5) is 13.0. The number of hydrogen-bond donors (Lipinski definition) is 1. The number of piperidine rings is 1. The van der Waals surface area contributed by atoms with Gasteiger partial charge in [0, 0.05) is 24.3 Å². The molecule has 0 radical (unpaired) electrons. The zero-order valence-corrected chi connectivity index (χ0v) is 14.7. The summed E-state index contributed by atoms with van der Waals surface area (Å²) in [5.41, 5.74) is 1.26. The van der Waals surface area contributed by atoms with E-state index >= 15 is 0 Å². The van der Waals surface area contributed by atoms with E-state index in [1.54, 1.807) is 6.07 Å². The molecular weight excluding hydrogens is 381 g/mol. The van der Waals surface area contributed by atoms with Gasteiger partial charge in [-0.3, -0.25) is 10.1 Å². The van der Waals surface area contributed by atoms with E-state index in [1.807, 2.05) is 34.7 Å². The van der Waals surface area contributed by atoms with Crippen molar-refractivity contribution in [1.82, 2.24) is 5.32 Å². The summed E-state index contributed by atoms with van der Waals surface area (Å²) < 4.78 is 0.697. The molecule has 5 nitrogen and oxygen atoms in total. The Hall–Kier alpha value is -0.890. The lowest BCUT2D eigenvalue weighted by molar-refractivity contribution is -0.385. The van der Waals surface area contributed by atoms with E-state index in [-0.39, 0.29) is 10.6 Å². The van der Waals surface area contributed by atoms with E-state index in [9.17, 15) is 10.1 Å². The van der Waals surface area contributed by atoms with Crippen LogP contribution in [0.1, 0.15) is 26.7 Å². The molecule has 0 aliphatic carbocycles. The van der Waals surface area contributed by atoms with Crippen molar-refractivity contribution in [2.75, 3.05) is 24.5 Å². The number of nitro groups is 1. The Kier molecular flexibility index (Phi) is 5.80. The van der Waals surface area contributed by atoms with Crippen molar-refractivity contribution in [1.29, 1.82) is 0 Å². The predicted molar refractivity (Wildman–Crippen MR) is 93.9 cm³/mol. The van der Waals surface area contributed by atoms with Crippen LogP contribution < -0.4 is 10.2 Å². The lowest BCUT2D eigenvalue weighted by Gasteiger charge is -2.34. The van der Waals surface area contributed by atoms with Crippen LogP contribution in [0.15, 0.2) is 18.2 Å². The molecule has 0 saturated carbocycles. The molecule has 1 aliphatic rings. The highest BCUT2D eigenvalue weighted by atomic mass is 127. The van der Waals surface area contributed by atoms with Crippen molar-refractivity contribution < 1.29 is 4.92 Å².